The molecule has 0 aliphatic rings. The lowest BCUT2D eigenvalue weighted by Gasteiger charge is -2.12. The Hall–Kier alpha value is -4.27. The van der Waals surface area contributed by atoms with Crippen molar-refractivity contribution in [2.75, 3.05) is 5.32 Å². The van der Waals surface area contributed by atoms with Crippen LogP contribution < -0.4 is 15.6 Å². The summed E-state index contributed by atoms with van der Waals surface area (Å²) in [4.78, 5) is 34.0. The summed E-state index contributed by atoms with van der Waals surface area (Å²) in [6.07, 6.45) is 6.94. The van der Waals surface area contributed by atoms with Crippen LogP contribution in [0.15, 0.2) is 66.0 Å². The third kappa shape index (κ3) is 4.82. The Labute approximate surface area is 190 Å². The zero-order valence-corrected chi connectivity index (χ0v) is 18.8. The van der Waals surface area contributed by atoms with Crippen LogP contribution in [0.4, 0.5) is 5.82 Å². The molecule has 4 heterocycles. The van der Waals surface area contributed by atoms with Gasteiger partial charge in [0.15, 0.2) is 0 Å². The van der Waals surface area contributed by atoms with E-state index in [1.165, 1.54) is 10.6 Å². The number of hydrogen-bond acceptors (Lipinski definition) is 6. The number of nitrogens with zero attached hydrogens (tertiary/aromatic N) is 5. The fourth-order valence-corrected chi connectivity index (χ4v) is 3.31. The number of pyridine rings is 3. The molecule has 168 valence electrons. The van der Waals surface area contributed by atoms with Crippen LogP contribution in [0.3, 0.4) is 0 Å². The topological polar surface area (TPSA) is 104 Å². The fraction of sp³-hybridized carbons (Fsp3) is 0.208. The normalized spacial score (nSPS) is 10.9. The second-order valence-corrected chi connectivity index (χ2v) is 7.84. The Balaban J connectivity index is 1.51. The summed E-state index contributed by atoms with van der Waals surface area (Å²) in [5.41, 5.74) is 1.92. The number of carbonyl (C=O) groups excluding carboxylic acids is 1. The molecule has 0 aromatic carbocycles. The molecule has 0 radical (unpaired) electrons. The smallest absolute Gasteiger partial charge is 0.263 e. The summed E-state index contributed by atoms with van der Waals surface area (Å²) in [7, 11) is 1.84. The van der Waals surface area contributed by atoms with Crippen LogP contribution >= 0.6 is 0 Å². The van der Waals surface area contributed by atoms with Crippen molar-refractivity contribution in [1.29, 1.82) is 0 Å². The van der Waals surface area contributed by atoms with Crippen LogP contribution in [-0.4, -0.2) is 30.2 Å². The quantitative estimate of drug-likeness (QED) is 0.483. The van der Waals surface area contributed by atoms with Gasteiger partial charge in [-0.2, -0.15) is 5.10 Å². The molecule has 0 bridgehead atoms. The van der Waals surface area contributed by atoms with Crippen LogP contribution in [0.1, 0.15) is 35.9 Å². The monoisotopic (exact) mass is 444 g/mol. The highest BCUT2D eigenvalue weighted by atomic mass is 16.5. The van der Waals surface area contributed by atoms with Gasteiger partial charge >= 0.3 is 0 Å². The summed E-state index contributed by atoms with van der Waals surface area (Å²) in [5, 5.41) is 6.86. The van der Waals surface area contributed by atoms with E-state index in [-0.39, 0.29) is 17.2 Å². The highest BCUT2D eigenvalue weighted by Crippen LogP contribution is 2.28. The summed E-state index contributed by atoms with van der Waals surface area (Å²) in [6, 6.07) is 10.1. The third-order valence-electron chi connectivity index (χ3n) is 5.01. The van der Waals surface area contributed by atoms with Crippen molar-refractivity contribution in [2.24, 2.45) is 7.05 Å². The summed E-state index contributed by atoms with van der Waals surface area (Å²) in [6.45, 7) is 5.55. The lowest BCUT2D eigenvalue weighted by Crippen LogP contribution is -2.29. The average Bonchev–Trinajstić information content (AvgIpc) is 3.22. The second kappa shape index (κ2) is 9.07. The van der Waals surface area contributed by atoms with E-state index in [1.54, 1.807) is 54.5 Å². The molecule has 4 rings (SSSR count). The van der Waals surface area contributed by atoms with Crippen LogP contribution in [0.5, 0.6) is 11.5 Å². The van der Waals surface area contributed by atoms with E-state index in [0.717, 1.165) is 11.3 Å². The molecule has 9 nitrogen and oxygen atoms in total. The Kier molecular flexibility index (Phi) is 6.03. The fourth-order valence-electron chi connectivity index (χ4n) is 3.31. The van der Waals surface area contributed by atoms with Crippen molar-refractivity contribution in [1.82, 2.24) is 24.3 Å². The number of aromatic nitrogens is 5. The predicted octanol–water partition coefficient (Wildman–Crippen LogP) is 3.97. The highest BCUT2D eigenvalue weighted by molar-refractivity contribution is 6.03. The number of nitrogens with one attached hydrogen (secondary N) is 1. The number of aryl methyl sites for hydroxylation is 2. The highest BCUT2D eigenvalue weighted by Gasteiger charge is 2.15. The Morgan fingerprint density at radius 2 is 2.00 bits per heavy atom. The van der Waals surface area contributed by atoms with Crippen LogP contribution in [0, 0.1) is 6.92 Å². The van der Waals surface area contributed by atoms with Gasteiger partial charge in [0.1, 0.15) is 22.9 Å². The van der Waals surface area contributed by atoms with E-state index >= 15 is 0 Å². The average molecular weight is 444 g/mol. The maximum Gasteiger partial charge on any atom is 0.263 e. The minimum atomic E-state index is -0.509. The van der Waals surface area contributed by atoms with Gasteiger partial charge in [0.25, 0.3) is 11.5 Å². The second-order valence-electron chi connectivity index (χ2n) is 7.84. The number of hydrogen-bond donors (Lipinski definition) is 1. The molecule has 0 spiro atoms. The van der Waals surface area contributed by atoms with E-state index in [2.05, 4.69) is 20.4 Å². The van der Waals surface area contributed by atoms with Gasteiger partial charge in [-0.1, -0.05) is 0 Å². The Morgan fingerprint density at radius 3 is 2.70 bits per heavy atom. The van der Waals surface area contributed by atoms with Gasteiger partial charge in [-0.3, -0.25) is 19.3 Å². The first-order valence-corrected chi connectivity index (χ1v) is 10.4. The molecule has 0 saturated carbocycles. The zero-order valence-electron chi connectivity index (χ0n) is 18.8. The lowest BCUT2D eigenvalue weighted by atomic mass is 10.2. The third-order valence-corrected chi connectivity index (χ3v) is 5.01. The number of anilines is 1. The van der Waals surface area contributed by atoms with Gasteiger partial charge in [0.2, 0.25) is 0 Å². The van der Waals surface area contributed by atoms with Crippen molar-refractivity contribution >= 4 is 11.7 Å². The first kappa shape index (κ1) is 21.9. The van der Waals surface area contributed by atoms with Gasteiger partial charge in [0, 0.05) is 43.3 Å². The van der Waals surface area contributed by atoms with E-state index in [9.17, 15) is 9.59 Å². The van der Waals surface area contributed by atoms with Crippen LogP contribution in [0.25, 0.3) is 11.3 Å². The van der Waals surface area contributed by atoms with E-state index < -0.39 is 5.91 Å². The van der Waals surface area contributed by atoms with E-state index in [0.29, 0.717) is 23.0 Å². The Morgan fingerprint density at radius 1 is 1.18 bits per heavy atom. The molecule has 0 aliphatic heterocycles. The van der Waals surface area contributed by atoms with E-state index in [1.807, 2.05) is 33.2 Å². The van der Waals surface area contributed by atoms with Gasteiger partial charge in [-0.15, -0.1) is 0 Å². The predicted molar refractivity (Wildman–Crippen MR) is 125 cm³/mol. The standard InChI is InChI=1S/C24H24N6O3/c1-15(2)30-11-5-6-19(24(30)32)23(31)28-22-8-7-21(16(3)27-22)33-18-9-10-25-20(12-18)17-13-26-29(4)14-17/h5-15H,1-4H3,(H,27,28,31). The van der Waals surface area contributed by atoms with Crippen LogP contribution in [0.2, 0.25) is 0 Å². The summed E-state index contributed by atoms with van der Waals surface area (Å²) in [5.74, 6) is 0.961. The van der Waals surface area contributed by atoms with Gasteiger partial charge in [-0.25, -0.2) is 4.98 Å². The molecule has 4 aromatic rings. The molecule has 0 saturated heterocycles. The Bertz CT molecular complexity index is 1370. The zero-order chi connectivity index (χ0) is 23.5. The minimum Gasteiger partial charge on any atom is -0.455 e. The molecular formula is C24H24N6O3. The van der Waals surface area contributed by atoms with Crippen LogP contribution in [-0.2, 0) is 7.05 Å². The van der Waals surface area contributed by atoms with Gasteiger partial charge in [0.05, 0.1) is 17.6 Å². The minimum absolute atomic E-state index is 0.0473. The van der Waals surface area contributed by atoms with Crippen molar-refractivity contribution in [3.8, 4) is 22.8 Å². The maximum atomic E-state index is 12.7. The molecule has 0 unspecified atom stereocenters. The van der Waals surface area contributed by atoms with E-state index in [4.69, 9.17) is 4.74 Å². The first-order valence-electron chi connectivity index (χ1n) is 10.4. The van der Waals surface area contributed by atoms with Gasteiger partial charge in [-0.05, 0) is 51.1 Å². The molecular weight excluding hydrogens is 420 g/mol. The summed E-state index contributed by atoms with van der Waals surface area (Å²) < 4.78 is 9.21. The lowest BCUT2D eigenvalue weighted by molar-refractivity contribution is 0.102. The molecule has 9 heteroatoms. The number of rotatable bonds is 6. The molecule has 0 aliphatic carbocycles. The van der Waals surface area contributed by atoms with Crippen molar-refractivity contribution in [3.05, 3.63) is 82.8 Å². The largest absolute Gasteiger partial charge is 0.455 e. The SMILES string of the molecule is Cc1nc(NC(=O)c2cccn(C(C)C)c2=O)ccc1Oc1ccnc(-c2cnn(C)c2)c1. The number of amides is 1. The number of ether oxygens (including phenoxy) is 1. The summed E-state index contributed by atoms with van der Waals surface area (Å²) >= 11 is 0. The molecule has 0 atom stereocenters. The first-order chi connectivity index (χ1) is 15.8. The molecule has 1 amide bonds. The molecule has 0 fully saturated rings. The van der Waals surface area contributed by atoms with Crippen molar-refractivity contribution in [2.45, 2.75) is 26.8 Å². The molecule has 1 N–H and O–H groups in total. The maximum absolute atomic E-state index is 12.7. The van der Waals surface area contributed by atoms with Gasteiger partial charge < -0.3 is 14.6 Å². The van der Waals surface area contributed by atoms with Crippen molar-refractivity contribution < 1.29 is 9.53 Å². The number of carbonyl (C=O) groups is 1. The molecule has 33 heavy (non-hydrogen) atoms. The van der Waals surface area contributed by atoms with Crippen molar-refractivity contribution in [3.63, 3.8) is 0 Å². The molecule has 4 aromatic heterocycles.